The fourth-order valence-corrected chi connectivity index (χ4v) is 4.04. The number of pyridine rings is 1. The predicted molar refractivity (Wildman–Crippen MR) is 128 cm³/mol. The Morgan fingerprint density at radius 2 is 1.69 bits per heavy atom. The van der Waals surface area contributed by atoms with Crippen molar-refractivity contribution in [2.75, 3.05) is 42.9 Å². The van der Waals surface area contributed by atoms with Crippen LogP contribution in [0.25, 0.3) is 0 Å². The van der Waals surface area contributed by atoms with Crippen LogP contribution in [-0.2, 0) is 11.2 Å². The lowest BCUT2D eigenvalue weighted by Gasteiger charge is -2.24. The van der Waals surface area contributed by atoms with E-state index in [1.807, 2.05) is 72.8 Å². The van der Waals surface area contributed by atoms with Crippen molar-refractivity contribution in [2.45, 2.75) is 18.9 Å². The SMILES string of the molecule is O=C(Cc1ccccc1)Nc1ccc(N2CCCN(CC(O)c3ccccc3)CC2)nc1. The lowest BCUT2D eigenvalue weighted by Crippen LogP contribution is -2.33. The number of aromatic nitrogens is 1. The van der Waals surface area contributed by atoms with Gasteiger partial charge in [0.25, 0.3) is 0 Å². The lowest BCUT2D eigenvalue weighted by atomic mass is 10.1. The third kappa shape index (κ3) is 6.15. The monoisotopic (exact) mass is 430 g/mol. The molecule has 0 radical (unpaired) electrons. The number of rotatable bonds is 7. The fourth-order valence-electron chi connectivity index (χ4n) is 4.04. The Hall–Kier alpha value is -3.22. The first-order chi connectivity index (χ1) is 15.7. The van der Waals surface area contributed by atoms with Crippen molar-refractivity contribution in [3.8, 4) is 0 Å². The number of hydrogen-bond donors (Lipinski definition) is 2. The number of aliphatic hydroxyl groups is 1. The standard InChI is InChI=1S/C26H30N4O2/c31-24(22-10-5-2-6-11-22)20-29-14-7-15-30(17-16-29)25-13-12-23(19-27-25)28-26(32)18-21-8-3-1-4-9-21/h1-6,8-13,19,24,31H,7,14-18,20H2,(H,28,32). The second kappa shape index (κ2) is 10.9. The van der Waals surface area contributed by atoms with Gasteiger partial charge in [-0.15, -0.1) is 0 Å². The van der Waals surface area contributed by atoms with Gasteiger partial charge in [0, 0.05) is 32.7 Å². The normalized spacial score (nSPS) is 15.7. The zero-order chi connectivity index (χ0) is 22.2. The number of aliphatic hydroxyl groups excluding tert-OH is 1. The Labute approximate surface area is 189 Å². The van der Waals surface area contributed by atoms with Gasteiger partial charge in [-0.1, -0.05) is 60.7 Å². The predicted octanol–water partition coefficient (Wildman–Crippen LogP) is 3.51. The summed E-state index contributed by atoms with van der Waals surface area (Å²) in [4.78, 5) is 21.4. The lowest BCUT2D eigenvalue weighted by molar-refractivity contribution is -0.115. The van der Waals surface area contributed by atoms with Crippen molar-refractivity contribution in [3.05, 3.63) is 90.1 Å². The second-order valence-corrected chi connectivity index (χ2v) is 8.18. The van der Waals surface area contributed by atoms with Gasteiger partial charge in [0.1, 0.15) is 5.82 Å². The Balaban J connectivity index is 1.28. The summed E-state index contributed by atoms with van der Waals surface area (Å²) < 4.78 is 0. The van der Waals surface area contributed by atoms with E-state index >= 15 is 0 Å². The summed E-state index contributed by atoms with van der Waals surface area (Å²) in [5.74, 6) is 0.865. The Bertz CT molecular complexity index is 980. The van der Waals surface area contributed by atoms with Crippen molar-refractivity contribution < 1.29 is 9.90 Å². The highest BCUT2D eigenvalue weighted by Gasteiger charge is 2.19. The van der Waals surface area contributed by atoms with Crippen LogP contribution >= 0.6 is 0 Å². The maximum Gasteiger partial charge on any atom is 0.228 e. The van der Waals surface area contributed by atoms with Crippen LogP contribution in [0.1, 0.15) is 23.7 Å². The molecule has 6 heteroatoms. The van der Waals surface area contributed by atoms with E-state index in [9.17, 15) is 9.90 Å². The number of nitrogens with one attached hydrogen (secondary N) is 1. The second-order valence-electron chi connectivity index (χ2n) is 8.18. The van der Waals surface area contributed by atoms with Crippen molar-refractivity contribution in [2.24, 2.45) is 0 Å². The van der Waals surface area contributed by atoms with Gasteiger partial charge in [-0.05, 0) is 29.7 Å². The molecule has 1 atom stereocenters. The first-order valence-electron chi connectivity index (χ1n) is 11.2. The van der Waals surface area contributed by atoms with Crippen LogP contribution in [0.3, 0.4) is 0 Å². The minimum atomic E-state index is -0.473. The molecule has 2 heterocycles. The number of benzene rings is 2. The molecule has 1 fully saturated rings. The zero-order valence-electron chi connectivity index (χ0n) is 18.2. The fraction of sp³-hybridized carbons (Fsp3) is 0.308. The van der Waals surface area contributed by atoms with Gasteiger partial charge in [0.2, 0.25) is 5.91 Å². The van der Waals surface area contributed by atoms with Crippen molar-refractivity contribution in [3.63, 3.8) is 0 Å². The summed E-state index contributed by atoms with van der Waals surface area (Å²) in [5, 5.41) is 13.5. The molecule has 166 valence electrons. The third-order valence-electron chi connectivity index (χ3n) is 5.77. The summed E-state index contributed by atoms with van der Waals surface area (Å²) in [6, 6.07) is 23.4. The van der Waals surface area contributed by atoms with E-state index in [-0.39, 0.29) is 5.91 Å². The van der Waals surface area contributed by atoms with E-state index in [4.69, 9.17) is 0 Å². The van der Waals surface area contributed by atoms with Crippen LogP contribution in [0.2, 0.25) is 0 Å². The number of β-amino-alcohol motifs (C(OH)–C–C–N with tert-alkyl or cyclic N) is 1. The average Bonchev–Trinajstić information content (AvgIpc) is 3.06. The number of carbonyl (C=O) groups excluding carboxylic acids is 1. The Morgan fingerprint density at radius 3 is 2.41 bits per heavy atom. The van der Waals surface area contributed by atoms with Crippen LogP contribution in [0.4, 0.5) is 11.5 Å². The molecule has 1 aliphatic rings. The van der Waals surface area contributed by atoms with Crippen LogP contribution in [0.15, 0.2) is 79.0 Å². The zero-order valence-corrected chi connectivity index (χ0v) is 18.2. The molecule has 1 unspecified atom stereocenters. The summed E-state index contributed by atoms with van der Waals surface area (Å²) in [6.07, 6.45) is 2.61. The molecule has 6 nitrogen and oxygen atoms in total. The van der Waals surface area contributed by atoms with Gasteiger partial charge in [-0.25, -0.2) is 4.98 Å². The van der Waals surface area contributed by atoms with Gasteiger partial charge in [0.15, 0.2) is 0 Å². The maximum absolute atomic E-state index is 12.3. The van der Waals surface area contributed by atoms with E-state index in [0.29, 0.717) is 18.7 Å². The summed E-state index contributed by atoms with van der Waals surface area (Å²) in [7, 11) is 0. The average molecular weight is 431 g/mol. The van der Waals surface area contributed by atoms with Crippen LogP contribution in [-0.4, -0.2) is 53.6 Å². The molecule has 4 rings (SSSR count). The molecule has 0 bridgehead atoms. The molecule has 3 aromatic rings. The van der Waals surface area contributed by atoms with Gasteiger partial charge >= 0.3 is 0 Å². The molecule has 32 heavy (non-hydrogen) atoms. The highest BCUT2D eigenvalue weighted by molar-refractivity contribution is 5.92. The molecule has 1 aromatic heterocycles. The summed E-state index contributed by atoms with van der Waals surface area (Å²) >= 11 is 0. The van der Waals surface area contributed by atoms with Gasteiger partial charge in [-0.3, -0.25) is 9.69 Å². The number of nitrogens with zero attached hydrogens (tertiary/aromatic N) is 3. The topological polar surface area (TPSA) is 68.7 Å². The number of anilines is 2. The van der Waals surface area contributed by atoms with Gasteiger partial charge in [-0.2, -0.15) is 0 Å². The van der Waals surface area contributed by atoms with Crippen LogP contribution in [0.5, 0.6) is 0 Å². The summed E-state index contributed by atoms with van der Waals surface area (Å²) in [6.45, 7) is 4.24. The molecule has 2 aromatic carbocycles. The third-order valence-corrected chi connectivity index (χ3v) is 5.77. The molecule has 1 aliphatic heterocycles. The van der Waals surface area contributed by atoms with E-state index < -0.39 is 6.10 Å². The highest BCUT2D eigenvalue weighted by Crippen LogP contribution is 2.19. The smallest absolute Gasteiger partial charge is 0.228 e. The molecular formula is C26H30N4O2. The van der Waals surface area contributed by atoms with Crippen LogP contribution < -0.4 is 10.2 Å². The Morgan fingerprint density at radius 1 is 0.938 bits per heavy atom. The molecule has 1 saturated heterocycles. The first kappa shape index (κ1) is 22.0. The van der Waals surface area contributed by atoms with Gasteiger partial charge in [0.05, 0.1) is 24.4 Å². The van der Waals surface area contributed by atoms with Crippen molar-refractivity contribution in [1.29, 1.82) is 0 Å². The number of amides is 1. The number of carbonyl (C=O) groups is 1. The molecular weight excluding hydrogens is 400 g/mol. The molecule has 0 spiro atoms. The molecule has 0 saturated carbocycles. The highest BCUT2D eigenvalue weighted by atomic mass is 16.3. The van der Waals surface area contributed by atoms with Crippen molar-refractivity contribution in [1.82, 2.24) is 9.88 Å². The maximum atomic E-state index is 12.3. The number of hydrogen-bond acceptors (Lipinski definition) is 5. The van der Waals surface area contributed by atoms with Crippen LogP contribution in [0, 0.1) is 0 Å². The Kier molecular flexibility index (Phi) is 7.48. The van der Waals surface area contributed by atoms with E-state index in [2.05, 4.69) is 20.1 Å². The quantitative estimate of drug-likeness (QED) is 0.600. The first-order valence-corrected chi connectivity index (χ1v) is 11.2. The van der Waals surface area contributed by atoms with E-state index in [1.54, 1.807) is 6.20 Å². The minimum Gasteiger partial charge on any atom is -0.387 e. The molecule has 0 aliphatic carbocycles. The minimum absolute atomic E-state index is 0.0480. The molecule has 2 N–H and O–H groups in total. The largest absolute Gasteiger partial charge is 0.387 e. The summed E-state index contributed by atoms with van der Waals surface area (Å²) in [5.41, 5.74) is 2.65. The molecule has 1 amide bonds. The van der Waals surface area contributed by atoms with E-state index in [0.717, 1.165) is 49.5 Å². The van der Waals surface area contributed by atoms with Crippen molar-refractivity contribution >= 4 is 17.4 Å². The van der Waals surface area contributed by atoms with Gasteiger partial charge < -0.3 is 15.3 Å². The van der Waals surface area contributed by atoms with E-state index in [1.165, 1.54) is 0 Å².